The zero-order valence-corrected chi connectivity index (χ0v) is 11.6. The van der Waals surface area contributed by atoms with E-state index in [1.807, 2.05) is 0 Å². The molecule has 2 N–H and O–H groups in total. The van der Waals surface area contributed by atoms with Crippen molar-refractivity contribution < 1.29 is 19.7 Å². The molecule has 0 atom stereocenters. The molecule has 2 saturated carbocycles. The second-order valence-corrected chi connectivity index (χ2v) is 5.77. The van der Waals surface area contributed by atoms with Crippen LogP contribution in [0.4, 0.5) is 0 Å². The van der Waals surface area contributed by atoms with Crippen molar-refractivity contribution in [2.75, 3.05) is 0 Å². The molecular formula is C15H24O4. The van der Waals surface area contributed by atoms with Gasteiger partial charge in [0.25, 0.3) is 0 Å². The molecule has 0 heterocycles. The van der Waals surface area contributed by atoms with E-state index in [9.17, 15) is 4.79 Å². The van der Waals surface area contributed by atoms with Gasteiger partial charge in [-0.1, -0.05) is 31.3 Å². The Bertz CT molecular complexity index is 329. The molecule has 0 unspecified atom stereocenters. The highest BCUT2D eigenvalue weighted by Gasteiger charge is 2.31. The Labute approximate surface area is 114 Å². The molecule has 2 rings (SSSR count). The fourth-order valence-corrected chi connectivity index (χ4v) is 3.72. The van der Waals surface area contributed by atoms with Gasteiger partial charge in [0.15, 0.2) is 0 Å². The van der Waals surface area contributed by atoms with E-state index >= 15 is 0 Å². The summed E-state index contributed by atoms with van der Waals surface area (Å²) in [5, 5.41) is 17.5. The van der Waals surface area contributed by atoms with E-state index < -0.39 is 12.4 Å². The fraction of sp³-hybridized carbons (Fsp3) is 0.800. The average Bonchev–Trinajstić information content (AvgIpc) is 3.00. The van der Waals surface area contributed by atoms with Gasteiger partial charge in [0.05, 0.1) is 0 Å². The van der Waals surface area contributed by atoms with Crippen LogP contribution in [0.5, 0.6) is 0 Å². The van der Waals surface area contributed by atoms with Crippen LogP contribution in [0.25, 0.3) is 0 Å². The highest BCUT2D eigenvalue weighted by atomic mass is 16.7. The third-order valence-corrected chi connectivity index (χ3v) is 4.54. The highest BCUT2D eigenvalue weighted by molar-refractivity contribution is 5.88. The minimum Gasteiger partial charge on any atom is -0.407 e. The molecule has 2 aliphatic rings. The van der Waals surface area contributed by atoms with Crippen LogP contribution in [-0.2, 0) is 9.53 Å². The number of allylic oxidation sites excluding steroid dienone is 1. The van der Waals surface area contributed by atoms with Crippen molar-refractivity contribution in [3.63, 3.8) is 0 Å². The van der Waals surface area contributed by atoms with Crippen molar-refractivity contribution in [3.05, 3.63) is 11.1 Å². The van der Waals surface area contributed by atoms with Gasteiger partial charge >= 0.3 is 12.4 Å². The van der Waals surface area contributed by atoms with E-state index in [0.717, 1.165) is 25.7 Å². The maximum absolute atomic E-state index is 11.9. The summed E-state index contributed by atoms with van der Waals surface area (Å²) in [7, 11) is 0. The van der Waals surface area contributed by atoms with Crippen LogP contribution < -0.4 is 0 Å². The predicted octanol–water partition coefficient (Wildman–Crippen LogP) is 2.49. The molecule has 2 fully saturated rings. The first kappa shape index (κ1) is 14.5. The van der Waals surface area contributed by atoms with Gasteiger partial charge in [0.1, 0.15) is 0 Å². The van der Waals surface area contributed by atoms with Crippen LogP contribution in [-0.4, -0.2) is 22.7 Å². The summed E-state index contributed by atoms with van der Waals surface area (Å²) in [6, 6.07) is 0. The summed E-state index contributed by atoms with van der Waals surface area (Å²) in [6.07, 6.45) is 9.52. The van der Waals surface area contributed by atoms with Crippen LogP contribution in [0.2, 0.25) is 0 Å². The molecule has 0 spiro atoms. The second-order valence-electron chi connectivity index (χ2n) is 5.77. The topological polar surface area (TPSA) is 66.8 Å². The Hall–Kier alpha value is -0.870. The monoisotopic (exact) mass is 268 g/mol. The largest absolute Gasteiger partial charge is 0.407 e. The van der Waals surface area contributed by atoms with E-state index in [2.05, 4.69) is 4.74 Å². The van der Waals surface area contributed by atoms with Gasteiger partial charge in [-0.15, -0.1) is 0 Å². The lowest BCUT2D eigenvalue weighted by Gasteiger charge is -2.23. The predicted molar refractivity (Wildman–Crippen MR) is 70.9 cm³/mol. The molecule has 0 bridgehead atoms. The van der Waals surface area contributed by atoms with Gasteiger partial charge in [-0.25, -0.2) is 4.79 Å². The number of aliphatic hydroxyl groups is 2. The number of hydrogen-bond donors (Lipinski definition) is 2. The van der Waals surface area contributed by atoms with E-state index in [-0.39, 0.29) is 0 Å². The van der Waals surface area contributed by atoms with Gasteiger partial charge in [0, 0.05) is 5.57 Å². The summed E-state index contributed by atoms with van der Waals surface area (Å²) in [5.41, 5.74) is 1.84. The van der Waals surface area contributed by atoms with Crippen LogP contribution in [0.15, 0.2) is 11.1 Å². The molecule has 108 valence electrons. The number of rotatable bonds is 4. The first-order chi connectivity index (χ1) is 9.09. The van der Waals surface area contributed by atoms with Crippen LogP contribution in [0.3, 0.4) is 0 Å². The summed E-state index contributed by atoms with van der Waals surface area (Å²) in [5.74, 6) is 0.404. The van der Waals surface area contributed by atoms with Gasteiger partial charge in [-0.05, 0) is 44.4 Å². The molecule has 0 aromatic carbocycles. The smallest absolute Gasteiger partial charge is 0.337 e. The standard InChI is InChI=1S/C15H24O4/c1-10(14(16)19-15(17)18)13(11-6-2-3-7-11)12-8-4-5-9-12/h11-12,15,17-18H,2-9H2,1H3. The van der Waals surface area contributed by atoms with Crippen molar-refractivity contribution in [2.45, 2.75) is 64.8 Å². The maximum Gasteiger partial charge on any atom is 0.337 e. The van der Waals surface area contributed by atoms with Crippen LogP contribution >= 0.6 is 0 Å². The molecule has 4 heteroatoms. The van der Waals surface area contributed by atoms with E-state index in [1.54, 1.807) is 6.92 Å². The van der Waals surface area contributed by atoms with Crippen molar-refractivity contribution in [1.29, 1.82) is 0 Å². The summed E-state index contributed by atoms with van der Waals surface area (Å²) < 4.78 is 4.53. The molecular weight excluding hydrogens is 244 g/mol. The van der Waals surface area contributed by atoms with E-state index in [1.165, 1.54) is 31.3 Å². The quantitative estimate of drug-likeness (QED) is 0.467. The average molecular weight is 268 g/mol. The lowest BCUT2D eigenvalue weighted by Crippen LogP contribution is -2.21. The minimum absolute atomic E-state index is 0.492. The molecule has 0 aliphatic heterocycles. The molecule has 0 radical (unpaired) electrons. The Morgan fingerprint density at radius 3 is 1.79 bits per heavy atom. The second kappa shape index (κ2) is 6.53. The number of ether oxygens (including phenoxy) is 1. The number of carbonyl (C=O) groups is 1. The number of carbonyl (C=O) groups excluding carboxylic acids is 1. The van der Waals surface area contributed by atoms with Crippen molar-refractivity contribution in [1.82, 2.24) is 0 Å². The van der Waals surface area contributed by atoms with Crippen molar-refractivity contribution in [3.8, 4) is 0 Å². The lowest BCUT2D eigenvalue weighted by molar-refractivity contribution is -0.226. The Morgan fingerprint density at radius 1 is 1.00 bits per heavy atom. The van der Waals surface area contributed by atoms with Gasteiger partial charge in [-0.3, -0.25) is 0 Å². The number of aliphatic hydroxyl groups excluding tert-OH is 1. The molecule has 0 saturated heterocycles. The van der Waals surface area contributed by atoms with E-state index in [4.69, 9.17) is 10.2 Å². The van der Waals surface area contributed by atoms with Gasteiger partial charge < -0.3 is 14.9 Å². The van der Waals surface area contributed by atoms with Gasteiger partial charge in [0.2, 0.25) is 0 Å². The summed E-state index contributed by atoms with van der Waals surface area (Å²) in [6.45, 7) is -0.243. The molecule has 4 nitrogen and oxygen atoms in total. The molecule has 0 aromatic heterocycles. The highest BCUT2D eigenvalue weighted by Crippen LogP contribution is 2.42. The molecule has 0 amide bonds. The first-order valence-corrected chi connectivity index (χ1v) is 7.37. The lowest BCUT2D eigenvalue weighted by atomic mass is 9.82. The van der Waals surface area contributed by atoms with Crippen LogP contribution in [0, 0.1) is 11.8 Å². The fourth-order valence-electron chi connectivity index (χ4n) is 3.72. The van der Waals surface area contributed by atoms with Crippen LogP contribution in [0.1, 0.15) is 58.3 Å². The third-order valence-electron chi connectivity index (χ3n) is 4.54. The maximum atomic E-state index is 11.9. The van der Waals surface area contributed by atoms with Crippen molar-refractivity contribution >= 4 is 5.97 Å². The van der Waals surface area contributed by atoms with Gasteiger partial charge in [-0.2, -0.15) is 0 Å². The first-order valence-electron chi connectivity index (χ1n) is 7.37. The van der Waals surface area contributed by atoms with E-state index in [0.29, 0.717) is 17.4 Å². The molecule has 19 heavy (non-hydrogen) atoms. The molecule has 0 aromatic rings. The number of hydrogen-bond acceptors (Lipinski definition) is 4. The zero-order valence-electron chi connectivity index (χ0n) is 11.6. The normalized spacial score (nSPS) is 21.1. The Kier molecular flexibility index (Phi) is 4.99. The zero-order chi connectivity index (χ0) is 13.8. The Morgan fingerprint density at radius 2 is 1.42 bits per heavy atom. The SMILES string of the molecule is CC(C(=O)OC(O)O)=C(C1CCCC1)C1CCCC1. The summed E-state index contributed by atoms with van der Waals surface area (Å²) in [4.78, 5) is 11.9. The summed E-state index contributed by atoms with van der Waals surface area (Å²) >= 11 is 0. The third kappa shape index (κ3) is 3.57. The number of esters is 1. The Balaban J connectivity index is 2.20. The van der Waals surface area contributed by atoms with Crippen molar-refractivity contribution in [2.24, 2.45) is 11.8 Å². The minimum atomic E-state index is -2.02. The molecule has 2 aliphatic carbocycles.